The van der Waals surface area contributed by atoms with Crippen LogP contribution in [0.5, 0.6) is 0 Å². The second kappa shape index (κ2) is 7.58. The number of amides is 1. The largest absolute Gasteiger partial charge is 0.367 e. The molecule has 1 aliphatic carbocycles. The Morgan fingerprint density at radius 1 is 1.10 bits per heavy atom. The SMILES string of the molecule is Cc1ccc(NC(=O)c2ccc(N3CCOC4(CCc5ccccc54)C3)nc2)cc1. The van der Waals surface area contributed by atoms with Crippen LogP contribution in [-0.2, 0) is 16.8 Å². The van der Waals surface area contributed by atoms with Crippen molar-refractivity contribution >= 4 is 17.4 Å². The van der Waals surface area contributed by atoms with Gasteiger partial charge in [-0.25, -0.2) is 4.98 Å². The zero-order chi connectivity index (χ0) is 20.6. The Balaban J connectivity index is 1.31. The average molecular weight is 399 g/mol. The van der Waals surface area contributed by atoms with Gasteiger partial charge in [0, 0.05) is 18.4 Å². The van der Waals surface area contributed by atoms with Crippen LogP contribution in [0.25, 0.3) is 0 Å². The minimum atomic E-state index is -0.252. The first-order valence-electron chi connectivity index (χ1n) is 10.4. The molecule has 2 aromatic carbocycles. The number of carbonyl (C=O) groups is 1. The van der Waals surface area contributed by atoms with Crippen molar-refractivity contribution in [2.24, 2.45) is 0 Å². The van der Waals surface area contributed by atoms with Crippen molar-refractivity contribution in [2.45, 2.75) is 25.4 Å². The Labute approximate surface area is 176 Å². The van der Waals surface area contributed by atoms with Crippen LogP contribution in [0.2, 0.25) is 0 Å². The summed E-state index contributed by atoms with van der Waals surface area (Å²) in [7, 11) is 0. The Morgan fingerprint density at radius 3 is 2.73 bits per heavy atom. The van der Waals surface area contributed by atoms with Crippen LogP contribution in [-0.4, -0.2) is 30.6 Å². The normalized spacial score (nSPS) is 20.2. The first-order chi connectivity index (χ1) is 14.6. The minimum Gasteiger partial charge on any atom is -0.367 e. The van der Waals surface area contributed by atoms with Crippen molar-refractivity contribution in [1.29, 1.82) is 0 Å². The highest BCUT2D eigenvalue weighted by molar-refractivity contribution is 6.04. The number of aryl methyl sites for hydroxylation is 2. The van der Waals surface area contributed by atoms with Gasteiger partial charge in [-0.05, 0) is 55.2 Å². The predicted molar refractivity (Wildman–Crippen MR) is 118 cm³/mol. The van der Waals surface area contributed by atoms with E-state index >= 15 is 0 Å². The van der Waals surface area contributed by atoms with Crippen molar-refractivity contribution in [3.05, 3.63) is 89.1 Å². The van der Waals surface area contributed by atoms with Crippen LogP contribution in [0, 0.1) is 6.92 Å². The fourth-order valence-electron chi connectivity index (χ4n) is 4.50. The topological polar surface area (TPSA) is 54.5 Å². The lowest BCUT2D eigenvalue weighted by Crippen LogP contribution is -2.49. The van der Waals surface area contributed by atoms with E-state index in [-0.39, 0.29) is 11.5 Å². The van der Waals surface area contributed by atoms with E-state index in [0.717, 1.165) is 43.0 Å². The molecule has 1 atom stereocenters. The maximum Gasteiger partial charge on any atom is 0.257 e. The number of hydrogen-bond acceptors (Lipinski definition) is 4. The number of carbonyl (C=O) groups excluding carboxylic acids is 1. The number of fused-ring (bicyclic) bond motifs is 2. The molecule has 0 saturated carbocycles. The van der Waals surface area contributed by atoms with E-state index in [1.807, 2.05) is 43.3 Å². The first-order valence-corrected chi connectivity index (χ1v) is 10.4. The number of nitrogens with one attached hydrogen (secondary N) is 1. The molecule has 5 heteroatoms. The van der Waals surface area contributed by atoms with E-state index < -0.39 is 0 Å². The predicted octanol–water partition coefficient (Wildman–Crippen LogP) is 4.32. The van der Waals surface area contributed by atoms with Crippen molar-refractivity contribution in [2.75, 3.05) is 29.9 Å². The molecule has 2 heterocycles. The molecule has 1 fully saturated rings. The summed E-state index contributed by atoms with van der Waals surface area (Å²) >= 11 is 0. The second-order valence-electron chi connectivity index (χ2n) is 8.15. The number of ether oxygens (including phenoxy) is 1. The van der Waals surface area contributed by atoms with Gasteiger partial charge in [0.05, 0.1) is 18.7 Å². The van der Waals surface area contributed by atoms with Gasteiger partial charge in [-0.3, -0.25) is 4.79 Å². The molecule has 30 heavy (non-hydrogen) atoms. The molecule has 5 rings (SSSR count). The maximum atomic E-state index is 12.5. The Kier molecular flexibility index (Phi) is 4.75. The van der Waals surface area contributed by atoms with Gasteiger partial charge < -0.3 is 15.0 Å². The zero-order valence-electron chi connectivity index (χ0n) is 17.1. The van der Waals surface area contributed by atoms with Gasteiger partial charge in [-0.2, -0.15) is 0 Å². The molecule has 2 aliphatic rings. The van der Waals surface area contributed by atoms with Gasteiger partial charge in [-0.1, -0.05) is 42.0 Å². The van der Waals surface area contributed by atoms with Crippen LogP contribution < -0.4 is 10.2 Å². The Morgan fingerprint density at radius 2 is 1.93 bits per heavy atom. The minimum absolute atomic E-state index is 0.152. The summed E-state index contributed by atoms with van der Waals surface area (Å²) in [5.74, 6) is 0.731. The van der Waals surface area contributed by atoms with Gasteiger partial charge in [0.15, 0.2) is 0 Å². The first kappa shape index (κ1) is 18.8. The molecular weight excluding hydrogens is 374 g/mol. The molecule has 0 bridgehead atoms. The quantitative estimate of drug-likeness (QED) is 0.713. The maximum absolute atomic E-state index is 12.5. The molecule has 1 unspecified atom stereocenters. The van der Waals surface area contributed by atoms with Crippen molar-refractivity contribution in [1.82, 2.24) is 4.98 Å². The molecular formula is C25H25N3O2. The van der Waals surface area contributed by atoms with E-state index in [1.54, 1.807) is 6.20 Å². The van der Waals surface area contributed by atoms with E-state index in [0.29, 0.717) is 12.2 Å². The Hall–Kier alpha value is -3.18. The summed E-state index contributed by atoms with van der Waals surface area (Å²) in [6.45, 7) is 4.28. The molecule has 1 aromatic heterocycles. The van der Waals surface area contributed by atoms with Gasteiger partial charge in [0.1, 0.15) is 11.4 Å². The van der Waals surface area contributed by atoms with Crippen molar-refractivity contribution in [3.8, 4) is 0 Å². The third-order valence-electron chi connectivity index (χ3n) is 6.14. The molecule has 1 aliphatic heterocycles. The highest BCUT2D eigenvalue weighted by Gasteiger charge is 2.43. The van der Waals surface area contributed by atoms with E-state index in [4.69, 9.17) is 4.74 Å². The van der Waals surface area contributed by atoms with Gasteiger partial charge in [-0.15, -0.1) is 0 Å². The monoisotopic (exact) mass is 399 g/mol. The number of benzene rings is 2. The lowest BCUT2D eigenvalue weighted by atomic mass is 9.93. The number of hydrogen-bond donors (Lipinski definition) is 1. The fraction of sp³-hybridized carbons (Fsp3) is 0.280. The summed E-state index contributed by atoms with van der Waals surface area (Å²) in [6.07, 6.45) is 3.71. The second-order valence-corrected chi connectivity index (χ2v) is 8.15. The number of rotatable bonds is 3. The lowest BCUT2D eigenvalue weighted by Gasteiger charge is -2.41. The number of nitrogens with zero attached hydrogens (tertiary/aromatic N) is 2. The number of morpholine rings is 1. The molecule has 5 nitrogen and oxygen atoms in total. The average Bonchev–Trinajstić information content (AvgIpc) is 3.13. The highest BCUT2D eigenvalue weighted by atomic mass is 16.5. The van der Waals surface area contributed by atoms with Crippen molar-refractivity contribution in [3.63, 3.8) is 0 Å². The number of pyridine rings is 1. The molecule has 3 aromatic rings. The fourth-order valence-corrected chi connectivity index (χ4v) is 4.50. The summed E-state index contributed by atoms with van der Waals surface area (Å²) < 4.78 is 6.31. The van der Waals surface area contributed by atoms with Gasteiger partial charge >= 0.3 is 0 Å². The van der Waals surface area contributed by atoms with E-state index in [2.05, 4.69) is 39.5 Å². The number of anilines is 2. The zero-order valence-corrected chi connectivity index (χ0v) is 17.1. The molecule has 1 saturated heterocycles. The molecule has 1 spiro atoms. The van der Waals surface area contributed by atoms with Crippen LogP contribution in [0.4, 0.5) is 11.5 Å². The summed E-state index contributed by atoms with van der Waals surface area (Å²) in [6, 6.07) is 20.1. The third-order valence-corrected chi connectivity index (χ3v) is 6.14. The van der Waals surface area contributed by atoms with E-state index in [9.17, 15) is 4.79 Å². The van der Waals surface area contributed by atoms with Crippen LogP contribution in [0.15, 0.2) is 66.9 Å². The van der Waals surface area contributed by atoms with Gasteiger partial charge in [0.2, 0.25) is 0 Å². The van der Waals surface area contributed by atoms with Crippen LogP contribution >= 0.6 is 0 Å². The smallest absolute Gasteiger partial charge is 0.257 e. The third kappa shape index (κ3) is 3.46. The molecule has 1 N–H and O–H groups in total. The molecule has 1 amide bonds. The van der Waals surface area contributed by atoms with Crippen molar-refractivity contribution < 1.29 is 9.53 Å². The van der Waals surface area contributed by atoms with Crippen LogP contribution in [0.3, 0.4) is 0 Å². The van der Waals surface area contributed by atoms with Gasteiger partial charge in [0.25, 0.3) is 5.91 Å². The Bertz CT molecular complexity index is 1060. The highest BCUT2D eigenvalue weighted by Crippen LogP contribution is 2.42. The van der Waals surface area contributed by atoms with E-state index in [1.165, 1.54) is 11.1 Å². The van der Waals surface area contributed by atoms with Crippen LogP contribution in [0.1, 0.15) is 33.5 Å². The lowest BCUT2D eigenvalue weighted by molar-refractivity contribution is -0.0594. The summed E-state index contributed by atoms with van der Waals surface area (Å²) in [5, 5.41) is 2.92. The standard InChI is InChI=1S/C25H25N3O2/c1-18-6-9-21(10-7-18)27-24(29)20-8-11-23(26-16-20)28-14-15-30-25(17-28)13-12-19-4-2-3-5-22(19)25/h2-11,16H,12-15,17H2,1H3,(H,27,29). The number of aromatic nitrogens is 1. The molecule has 0 radical (unpaired) electrons. The molecule has 152 valence electrons. The summed E-state index contributed by atoms with van der Waals surface area (Å²) in [4.78, 5) is 19.4. The summed E-state index contributed by atoms with van der Waals surface area (Å²) in [5.41, 5.74) is 4.93.